The number of benzene rings is 1. The van der Waals surface area contributed by atoms with Crippen LogP contribution in [0.3, 0.4) is 0 Å². The zero-order valence-corrected chi connectivity index (χ0v) is 11.7. The van der Waals surface area contributed by atoms with Crippen molar-refractivity contribution >= 4 is 9.84 Å². The predicted octanol–water partition coefficient (Wildman–Crippen LogP) is 1.68. The first-order valence-electron chi connectivity index (χ1n) is 6.51. The van der Waals surface area contributed by atoms with Gasteiger partial charge in [0.15, 0.2) is 9.84 Å². The van der Waals surface area contributed by atoms with E-state index in [2.05, 4.69) is 12.1 Å². The van der Waals surface area contributed by atoms with E-state index < -0.39 is 9.84 Å². The molecule has 1 aromatic carbocycles. The summed E-state index contributed by atoms with van der Waals surface area (Å²) in [6.45, 7) is 2.30. The van der Waals surface area contributed by atoms with E-state index in [9.17, 15) is 8.42 Å². The van der Waals surface area contributed by atoms with E-state index in [1.807, 2.05) is 13.0 Å². The average molecular weight is 267 g/mol. The lowest BCUT2D eigenvalue weighted by atomic mass is 10.1. The summed E-state index contributed by atoms with van der Waals surface area (Å²) in [5, 5.41) is 0. The molecule has 0 heterocycles. The van der Waals surface area contributed by atoms with Gasteiger partial charge in [-0.15, -0.1) is 0 Å². The molecule has 4 heteroatoms. The van der Waals surface area contributed by atoms with Crippen LogP contribution >= 0.6 is 0 Å². The molecule has 0 fully saturated rings. The number of aryl methyl sites for hydroxylation is 2. The standard InChI is InChI=1S/C14H21NO2S/c1-11(8-15)9-18(16,17)10-12-5-6-13-3-2-4-14(13)7-12/h5-7,11H,2-4,8-10,15H2,1H3. The summed E-state index contributed by atoms with van der Waals surface area (Å²) < 4.78 is 24.0. The third-order valence-corrected chi connectivity index (χ3v) is 5.34. The van der Waals surface area contributed by atoms with Crippen LogP contribution in [-0.2, 0) is 28.4 Å². The zero-order valence-electron chi connectivity index (χ0n) is 10.9. The van der Waals surface area contributed by atoms with Crippen LogP contribution in [0.5, 0.6) is 0 Å². The van der Waals surface area contributed by atoms with Crippen molar-refractivity contribution < 1.29 is 8.42 Å². The summed E-state index contributed by atoms with van der Waals surface area (Å²) in [5.41, 5.74) is 9.11. The molecule has 0 aromatic heterocycles. The Morgan fingerprint density at radius 3 is 2.72 bits per heavy atom. The number of sulfone groups is 1. The molecule has 1 atom stereocenters. The van der Waals surface area contributed by atoms with Crippen molar-refractivity contribution in [2.45, 2.75) is 31.9 Å². The molecule has 0 bridgehead atoms. The van der Waals surface area contributed by atoms with Crippen LogP contribution in [0.2, 0.25) is 0 Å². The van der Waals surface area contributed by atoms with E-state index in [1.165, 1.54) is 17.5 Å². The molecule has 100 valence electrons. The van der Waals surface area contributed by atoms with E-state index in [1.54, 1.807) is 0 Å². The molecule has 0 amide bonds. The van der Waals surface area contributed by atoms with Crippen molar-refractivity contribution in [3.63, 3.8) is 0 Å². The fourth-order valence-electron chi connectivity index (χ4n) is 2.53. The Kier molecular flexibility index (Phi) is 4.07. The first kappa shape index (κ1) is 13.6. The summed E-state index contributed by atoms with van der Waals surface area (Å²) in [4.78, 5) is 0. The molecule has 2 rings (SSSR count). The Hall–Kier alpha value is -0.870. The molecule has 3 nitrogen and oxygen atoms in total. The van der Waals surface area contributed by atoms with Crippen molar-refractivity contribution in [2.24, 2.45) is 11.7 Å². The molecule has 1 aliphatic carbocycles. The smallest absolute Gasteiger partial charge is 0.154 e. The Labute approximate surface area is 109 Å². The first-order valence-corrected chi connectivity index (χ1v) is 8.33. The first-order chi connectivity index (χ1) is 8.50. The van der Waals surface area contributed by atoms with Gasteiger partial charge in [0.25, 0.3) is 0 Å². The third-order valence-electron chi connectivity index (χ3n) is 3.49. The van der Waals surface area contributed by atoms with Gasteiger partial charge in [-0.3, -0.25) is 0 Å². The summed E-state index contributed by atoms with van der Waals surface area (Å²) in [7, 11) is -3.04. The second-order valence-corrected chi connectivity index (χ2v) is 7.46. The summed E-state index contributed by atoms with van der Waals surface area (Å²) in [5.74, 6) is 0.356. The zero-order chi connectivity index (χ0) is 13.2. The Bertz CT molecular complexity index is 523. The number of fused-ring (bicyclic) bond motifs is 1. The summed E-state index contributed by atoms with van der Waals surface area (Å²) in [6, 6.07) is 6.10. The Morgan fingerprint density at radius 2 is 2.00 bits per heavy atom. The van der Waals surface area contributed by atoms with Crippen molar-refractivity contribution in [1.82, 2.24) is 0 Å². The lowest BCUT2D eigenvalue weighted by molar-refractivity contribution is 0.573. The highest BCUT2D eigenvalue weighted by atomic mass is 32.2. The Balaban J connectivity index is 2.09. The van der Waals surface area contributed by atoms with Crippen molar-refractivity contribution in [3.05, 3.63) is 34.9 Å². The molecule has 0 saturated carbocycles. The van der Waals surface area contributed by atoms with Crippen LogP contribution in [0, 0.1) is 5.92 Å². The maximum atomic E-state index is 12.0. The van der Waals surface area contributed by atoms with Crippen LogP contribution in [0.15, 0.2) is 18.2 Å². The van der Waals surface area contributed by atoms with Gasteiger partial charge in [-0.1, -0.05) is 25.1 Å². The van der Waals surface area contributed by atoms with Gasteiger partial charge in [0.1, 0.15) is 0 Å². The molecule has 1 unspecified atom stereocenters. The van der Waals surface area contributed by atoms with Gasteiger partial charge in [0.2, 0.25) is 0 Å². The van der Waals surface area contributed by atoms with Gasteiger partial charge in [0, 0.05) is 0 Å². The maximum absolute atomic E-state index is 12.0. The monoisotopic (exact) mass is 267 g/mol. The Morgan fingerprint density at radius 1 is 1.28 bits per heavy atom. The van der Waals surface area contributed by atoms with Crippen molar-refractivity contribution in [2.75, 3.05) is 12.3 Å². The van der Waals surface area contributed by atoms with Gasteiger partial charge in [-0.25, -0.2) is 8.42 Å². The maximum Gasteiger partial charge on any atom is 0.154 e. The summed E-state index contributed by atoms with van der Waals surface area (Å²) >= 11 is 0. The molecular formula is C14H21NO2S. The van der Waals surface area contributed by atoms with E-state index in [0.717, 1.165) is 18.4 Å². The van der Waals surface area contributed by atoms with E-state index in [0.29, 0.717) is 6.54 Å². The lowest BCUT2D eigenvalue weighted by Gasteiger charge is -2.10. The molecule has 1 aromatic rings. The normalized spacial score (nSPS) is 16.6. The van der Waals surface area contributed by atoms with E-state index in [4.69, 9.17) is 5.73 Å². The lowest BCUT2D eigenvalue weighted by Crippen LogP contribution is -2.22. The SMILES string of the molecule is CC(CN)CS(=O)(=O)Cc1ccc2c(c1)CCC2. The molecule has 1 aliphatic rings. The van der Waals surface area contributed by atoms with Crippen LogP contribution < -0.4 is 5.73 Å². The van der Waals surface area contributed by atoms with Crippen LogP contribution in [0.1, 0.15) is 30.0 Å². The second-order valence-electron chi connectivity index (χ2n) is 5.35. The van der Waals surface area contributed by atoms with Crippen LogP contribution in [-0.4, -0.2) is 20.7 Å². The predicted molar refractivity (Wildman–Crippen MR) is 74.2 cm³/mol. The molecule has 0 spiro atoms. The summed E-state index contributed by atoms with van der Waals surface area (Å²) in [6.07, 6.45) is 3.41. The highest BCUT2D eigenvalue weighted by Gasteiger charge is 2.17. The van der Waals surface area contributed by atoms with Gasteiger partial charge in [-0.2, -0.15) is 0 Å². The van der Waals surface area contributed by atoms with Crippen molar-refractivity contribution in [1.29, 1.82) is 0 Å². The van der Waals surface area contributed by atoms with Gasteiger partial charge in [0.05, 0.1) is 11.5 Å². The molecule has 0 aliphatic heterocycles. The fourth-order valence-corrected chi connectivity index (χ4v) is 4.34. The topological polar surface area (TPSA) is 60.2 Å². The minimum atomic E-state index is -3.04. The van der Waals surface area contributed by atoms with Gasteiger partial charge < -0.3 is 5.73 Å². The van der Waals surface area contributed by atoms with Gasteiger partial charge >= 0.3 is 0 Å². The minimum Gasteiger partial charge on any atom is -0.330 e. The van der Waals surface area contributed by atoms with Crippen LogP contribution in [0.25, 0.3) is 0 Å². The molecule has 0 saturated heterocycles. The average Bonchev–Trinajstić information content (AvgIpc) is 2.74. The van der Waals surface area contributed by atoms with Gasteiger partial charge in [-0.05, 0) is 48.4 Å². The number of nitrogens with two attached hydrogens (primary N) is 1. The van der Waals surface area contributed by atoms with E-state index in [-0.39, 0.29) is 17.4 Å². The highest BCUT2D eigenvalue weighted by molar-refractivity contribution is 7.90. The molecule has 2 N–H and O–H groups in total. The highest BCUT2D eigenvalue weighted by Crippen LogP contribution is 2.23. The number of hydrogen-bond acceptors (Lipinski definition) is 3. The fraction of sp³-hybridized carbons (Fsp3) is 0.571. The molecule has 0 radical (unpaired) electrons. The van der Waals surface area contributed by atoms with E-state index >= 15 is 0 Å². The second kappa shape index (κ2) is 5.41. The molecule has 18 heavy (non-hydrogen) atoms. The third kappa shape index (κ3) is 3.33. The quantitative estimate of drug-likeness (QED) is 0.883. The number of hydrogen-bond donors (Lipinski definition) is 1. The largest absolute Gasteiger partial charge is 0.330 e. The molecular weight excluding hydrogens is 246 g/mol. The minimum absolute atomic E-state index is 0.0319. The van der Waals surface area contributed by atoms with Crippen LogP contribution in [0.4, 0.5) is 0 Å². The van der Waals surface area contributed by atoms with Crippen molar-refractivity contribution in [3.8, 4) is 0 Å². The number of rotatable bonds is 5.